The van der Waals surface area contributed by atoms with Crippen LogP contribution in [0.25, 0.3) is 11.1 Å². The third-order valence-electron chi connectivity index (χ3n) is 4.80. The summed E-state index contributed by atoms with van der Waals surface area (Å²) in [5.74, 6) is -3.20. The van der Waals surface area contributed by atoms with E-state index in [1.807, 2.05) is 25.1 Å². The molecule has 0 atom stereocenters. The fourth-order valence-corrected chi connectivity index (χ4v) is 6.96. The van der Waals surface area contributed by atoms with Gasteiger partial charge in [0, 0.05) is 5.69 Å². The highest BCUT2D eigenvalue weighted by Gasteiger charge is 2.38. The summed E-state index contributed by atoms with van der Waals surface area (Å²) in [5.41, 5.74) is 14.0. The zero-order valence-corrected chi connectivity index (χ0v) is 22.4. The number of carbonyl (C=O) groups is 2. The minimum Gasteiger partial charge on any atom is -0.475 e. The third-order valence-corrected chi connectivity index (χ3v) is 9.14. The van der Waals surface area contributed by atoms with Crippen molar-refractivity contribution in [1.29, 1.82) is 5.41 Å². The van der Waals surface area contributed by atoms with Gasteiger partial charge >= 0.3 is 12.1 Å². The highest BCUT2D eigenvalue weighted by molar-refractivity contribution is 8.01. The van der Waals surface area contributed by atoms with Crippen LogP contribution >= 0.6 is 23.1 Å². The summed E-state index contributed by atoms with van der Waals surface area (Å²) in [7, 11) is -3.80. The first kappa shape index (κ1) is 30.8. The van der Waals surface area contributed by atoms with Crippen molar-refractivity contribution in [2.75, 3.05) is 18.1 Å². The number of rotatable bonds is 7. The monoisotopic (exact) mass is 588 g/mol. The third kappa shape index (κ3) is 7.56. The number of nitrogens with one attached hydrogen (secondary N) is 2. The summed E-state index contributed by atoms with van der Waals surface area (Å²) in [5, 5.41) is 17.5. The van der Waals surface area contributed by atoms with Crippen LogP contribution < -0.4 is 16.8 Å². The van der Waals surface area contributed by atoms with E-state index in [0.717, 1.165) is 16.7 Å². The van der Waals surface area contributed by atoms with Crippen LogP contribution in [0.1, 0.15) is 10.4 Å². The van der Waals surface area contributed by atoms with E-state index < -0.39 is 22.0 Å². The molecule has 7 N–H and O–H groups in total. The molecule has 0 unspecified atom stereocenters. The number of aryl methyl sites for hydroxylation is 1. The lowest BCUT2D eigenvalue weighted by Gasteiger charge is -2.11. The fourth-order valence-electron chi connectivity index (χ4n) is 3.05. The summed E-state index contributed by atoms with van der Waals surface area (Å²) in [6.07, 6.45) is -3.29. The average molecular weight is 589 g/mol. The van der Waals surface area contributed by atoms with Gasteiger partial charge in [0.05, 0.1) is 25.4 Å². The zero-order chi connectivity index (χ0) is 28.8. The highest BCUT2D eigenvalue weighted by atomic mass is 32.2. The van der Waals surface area contributed by atoms with E-state index in [0.29, 0.717) is 14.8 Å². The number of thioether (sulfide) groups is 1. The Hall–Kier alpha value is -3.40. The number of alkyl halides is 3. The first-order valence-corrected chi connectivity index (χ1v) is 13.9. The quantitative estimate of drug-likeness (QED) is 0.156. The number of anilines is 1. The molecule has 1 amide bonds. The lowest BCUT2D eigenvalue weighted by molar-refractivity contribution is -0.192. The van der Waals surface area contributed by atoms with Crippen molar-refractivity contribution in [3.05, 3.63) is 59.0 Å². The summed E-state index contributed by atoms with van der Waals surface area (Å²) >= 11 is 2.50. The van der Waals surface area contributed by atoms with Crippen LogP contribution in [-0.2, 0) is 19.4 Å². The summed E-state index contributed by atoms with van der Waals surface area (Å²) in [4.78, 5) is 21.1. The molecule has 3 rings (SSSR count). The number of halogens is 3. The maximum Gasteiger partial charge on any atom is 0.490 e. The second-order valence-corrected chi connectivity index (χ2v) is 11.5. The molecular formula is C23H23F3N4O5S3. The van der Waals surface area contributed by atoms with Crippen LogP contribution in [-0.4, -0.2) is 50.2 Å². The van der Waals surface area contributed by atoms with E-state index in [1.165, 1.54) is 29.2 Å². The number of benzene rings is 2. The molecule has 0 fully saturated rings. The SMILES string of the molecule is CSc1sc(C(=N)N)cc1S(=O)(=O)c1cccc(-c2ccc(NC(=O)CN)cc2C)c1.O=C(O)C(F)(F)F. The number of nitrogens with two attached hydrogens (primary N) is 2. The summed E-state index contributed by atoms with van der Waals surface area (Å²) < 4.78 is 59.0. The molecule has 0 aliphatic carbocycles. The topological polar surface area (TPSA) is 176 Å². The Morgan fingerprint density at radius 2 is 1.79 bits per heavy atom. The molecule has 15 heteroatoms. The number of sulfone groups is 1. The number of amides is 1. The van der Waals surface area contributed by atoms with Crippen molar-refractivity contribution in [2.45, 2.75) is 27.1 Å². The van der Waals surface area contributed by atoms with Crippen LogP contribution in [0.3, 0.4) is 0 Å². The van der Waals surface area contributed by atoms with E-state index in [-0.39, 0.29) is 28.1 Å². The van der Waals surface area contributed by atoms with E-state index in [9.17, 15) is 26.4 Å². The van der Waals surface area contributed by atoms with Crippen LogP contribution in [0.2, 0.25) is 0 Å². The van der Waals surface area contributed by atoms with Gasteiger partial charge < -0.3 is 21.9 Å². The van der Waals surface area contributed by atoms with Gasteiger partial charge in [-0.2, -0.15) is 13.2 Å². The van der Waals surface area contributed by atoms with Crippen molar-refractivity contribution in [3.63, 3.8) is 0 Å². The minimum absolute atomic E-state index is 0.105. The number of carbonyl (C=O) groups excluding carboxylic acids is 1. The fraction of sp³-hybridized carbons (Fsp3) is 0.174. The number of carboxylic acids is 1. The van der Waals surface area contributed by atoms with Crippen molar-refractivity contribution in [3.8, 4) is 11.1 Å². The normalized spacial score (nSPS) is 11.3. The minimum atomic E-state index is -5.08. The molecule has 9 nitrogen and oxygen atoms in total. The number of thiophene rings is 1. The predicted molar refractivity (Wildman–Crippen MR) is 141 cm³/mol. The maximum atomic E-state index is 13.3. The molecule has 0 aliphatic heterocycles. The molecular weight excluding hydrogens is 565 g/mol. The molecule has 3 aromatic rings. The molecule has 38 heavy (non-hydrogen) atoms. The number of hydrogen-bond acceptors (Lipinski definition) is 8. The summed E-state index contributed by atoms with van der Waals surface area (Å²) in [6, 6.07) is 13.6. The lowest BCUT2D eigenvalue weighted by atomic mass is 10.00. The zero-order valence-electron chi connectivity index (χ0n) is 19.9. The van der Waals surface area contributed by atoms with Gasteiger partial charge in [-0.05, 0) is 60.2 Å². The van der Waals surface area contributed by atoms with E-state index in [1.54, 1.807) is 30.5 Å². The molecule has 1 heterocycles. The van der Waals surface area contributed by atoms with Gasteiger partial charge in [0.25, 0.3) is 0 Å². The molecule has 0 saturated carbocycles. The second kappa shape index (κ2) is 12.4. The van der Waals surface area contributed by atoms with Crippen molar-refractivity contribution < 1.29 is 36.3 Å². The van der Waals surface area contributed by atoms with Gasteiger partial charge in [-0.25, -0.2) is 13.2 Å². The first-order chi connectivity index (χ1) is 17.6. The molecule has 0 radical (unpaired) electrons. The van der Waals surface area contributed by atoms with Crippen LogP contribution in [0.5, 0.6) is 0 Å². The number of nitrogen functional groups attached to an aromatic ring is 1. The molecule has 0 saturated heterocycles. The van der Waals surface area contributed by atoms with Gasteiger partial charge in [0.15, 0.2) is 0 Å². The summed E-state index contributed by atoms with van der Waals surface area (Å²) in [6.45, 7) is 1.78. The van der Waals surface area contributed by atoms with Crippen molar-refractivity contribution >= 4 is 56.3 Å². The number of aliphatic carboxylic acids is 1. The van der Waals surface area contributed by atoms with Gasteiger partial charge in [0.1, 0.15) is 5.84 Å². The Bertz CT molecular complexity index is 1470. The Labute approximate surface area is 224 Å². The average Bonchev–Trinajstić information content (AvgIpc) is 3.30. The van der Waals surface area contributed by atoms with E-state index in [4.69, 9.17) is 26.8 Å². The lowest BCUT2D eigenvalue weighted by Crippen LogP contribution is -2.21. The largest absolute Gasteiger partial charge is 0.490 e. The van der Waals surface area contributed by atoms with Crippen LogP contribution in [0, 0.1) is 12.3 Å². The maximum absolute atomic E-state index is 13.3. The standard InChI is InChI=1S/C21H22N4O3S3.C2HF3O2/c1-12-8-14(25-19(26)11-22)6-7-16(12)13-4-3-5-15(9-13)31(27,28)18-10-17(20(23)24)30-21(18)29-2;3-2(4,5)1(6)7/h3-10H,11,22H2,1-2H3,(H3,23,24)(H,25,26);(H,6,7). The van der Waals surface area contributed by atoms with Crippen LogP contribution in [0.4, 0.5) is 18.9 Å². The smallest absolute Gasteiger partial charge is 0.475 e. The molecule has 0 aliphatic rings. The van der Waals surface area contributed by atoms with E-state index >= 15 is 0 Å². The van der Waals surface area contributed by atoms with Crippen molar-refractivity contribution in [2.24, 2.45) is 11.5 Å². The Balaban J connectivity index is 0.000000638. The van der Waals surface area contributed by atoms with Gasteiger partial charge in [0.2, 0.25) is 15.7 Å². The van der Waals surface area contributed by atoms with Crippen molar-refractivity contribution in [1.82, 2.24) is 0 Å². The number of carboxylic acid groups (broad SMARTS) is 1. The number of hydrogen-bond donors (Lipinski definition) is 5. The first-order valence-electron chi connectivity index (χ1n) is 10.4. The van der Waals surface area contributed by atoms with Gasteiger partial charge in [-0.1, -0.05) is 18.2 Å². The van der Waals surface area contributed by atoms with Gasteiger partial charge in [-0.15, -0.1) is 23.1 Å². The Morgan fingerprint density at radius 1 is 1.16 bits per heavy atom. The molecule has 0 bridgehead atoms. The van der Waals surface area contributed by atoms with Gasteiger partial charge in [-0.3, -0.25) is 10.2 Å². The molecule has 204 valence electrons. The molecule has 2 aromatic carbocycles. The molecule has 1 aromatic heterocycles. The Kier molecular flexibility index (Phi) is 10.1. The van der Waals surface area contributed by atoms with E-state index in [2.05, 4.69) is 5.32 Å². The Morgan fingerprint density at radius 3 is 2.29 bits per heavy atom. The highest BCUT2D eigenvalue weighted by Crippen LogP contribution is 2.38. The predicted octanol–water partition coefficient (Wildman–Crippen LogP) is 4.09. The second-order valence-electron chi connectivity index (χ2n) is 7.50. The van der Waals surface area contributed by atoms with Crippen LogP contribution in [0.15, 0.2) is 62.5 Å². The molecule has 0 spiro atoms. The number of amidine groups is 1.